The number of hydrogen-bond donors (Lipinski definition) is 1. The molecule has 1 atom stereocenters. The van der Waals surface area contributed by atoms with Crippen LogP contribution in [0.1, 0.15) is 31.7 Å². The second-order valence-electron chi connectivity index (χ2n) is 6.23. The smallest absolute Gasteiger partial charge is 0.122 e. The Morgan fingerprint density at radius 1 is 1.47 bits per heavy atom. The third-order valence-corrected chi connectivity index (χ3v) is 3.99. The van der Waals surface area contributed by atoms with Crippen LogP contribution in [0.5, 0.6) is 5.75 Å². The van der Waals surface area contributed by atoms with Gasteiger partial charge in [0.1, 0.15) is 5.75 Å². The number of aromatic nitrogens is 1. The molecule has 1 aliphatic rings. The Balaban J connectivity index is 2.07. The Kier molecular flexibility index (Phi) is 4.11. The van der Waals surface area contributed by atoms with Gasteiger partial charge in [0, 0.05) is 43.5 Å². The minimum atomic E-state index is 0.173. The average molecular weight is 263 g/mol. The molecule has 0 aliphatic carbocycles. The van der Waals surface area contributed by atoms with Gasteiger partial charge >= 0.3 is 0 Å². The van der Waals surface area contributed by atoms with Gasteiger partial charge in [-0.25, -0.2) is 0 Å². The van der Waals surface area contributed by atoms with Gasteiger partial charge in [0.05, 0.1) is 12.8 Å². The molecule has 1 aromatic rings. The van der Waals surface area contributed by atoms with Crippen LogP contribution in [0.2, 0.25) is 0 Å². The van der Waals surface area contributed by atoms with Crippen LogP contribution in [-0.2, 0) is 6.54 Å². The van der Waals surface area contributed by atoms with Gasteiger partial charge in [0.2, 0.25) is 0 Å². The molecule has 0 spiro atoms. The molecule has 0 amide bonds. The van der Waals surface area contributed by atoms with Crippen molar-refractivity contribution in [3.8, 4) is 5.75 Å². The van der Waals surface area contributed by atoms with Crippen molar-refractivity contribution in [1.29, 1.82) is 0 Å². The number of rotatable bonds is 3. The van der Waals surface area contributed by atoms with Gasteiger partial charge in [-0.1, -0.05) is 13.8 Å². The maximum Gasteiger partial charge on any atom is 0.122 e. The molecule has 1 aliphatic heterocycles. The van der Waals surface area contributed by atoms with E-state index >= 15 is 0 Å². The van der Waals surface area contributed by atoms with E-state index < -0.39 is 0 Å². The second kappa shape index (κ2) is 5.47. The Morgan fingerprint density at radius 3 is 2.84 bits per heavy atom. The molecule has 19 heavy (non-hydrogen) atoms. The quantitative estimate of drug-likeness (QED) is 0.905. The normalized spacial score (nSPS) is 23.3. The summed E-state index contributed by atoms with van der Waals surface area (Å²) in [6.45, 7) is 9.42. The number of methoxy groups -OCH3 is 1. The molecule has 4 heteroatoms. The molecule has 1 aromatic heterocycles. The molecule has 2 rings (SSSR count). The lowest BCUT2D eigenvalue weighted by Crippen LogP contribution is -2.52. The summed E-state index contributed by atoms with van der Waals surface area (Å²) in [6.07, 6.45) is 1.05. The summed E-state index contributed by atoms with van der Waals surface area (Å²) in [5.74, 6) is 0.885. The molecule has 2 N–H and O–H groups in total. The van der Waals surface area contributed by atoms with E-state index in [1.165, 1.54) is 0 Å². The molecule has 106 valence electrons. The van der Waals surface area contributed by atoms with Gasteiger partial charge in [0.15, 0.2) is 0 Å². The Labute approximate surface area is 116 Å². The molecule has 0 aromatic carbocycles. The van der Waals surface area contributed by atoms with E-state index in [9.17, 15) is 0 Å². The summed E-state index contributed by atoms with van der Waals surface area (Å²) in [5.41, 5.74) is 8.42. The Bertz CT molecular complexity index is 445. The number of likely N-dealkylation sites (tertiary alicyclic amines) is 1. The van der Waals surface area contributed by atoms with Crippen LogP contribution >= 0.6 is 0 Å². The van der Waals surface area contributed by atoms with Gasteiger partial charge in [-0.15, -0.1) is 0 Å². The zero-order valence-electron chi connectivity index (χ0n) is 12.4. The fourth-order valence-electron chi connectivity index (χ4n) is 2.75. The standard InChI is InChI=1S/C15H25N3O/c1-11-7-13(19-4)8-12(17-11)9-18-6-5-14(16)15(2,3)10-18/h7-8,14H,5-6,9-10,16H2,1-4H3. The number of ether oxygens (including phenoxy) is 1. The fraction of sp³-hybridized carbons (Fsp3) is 0.667. The third-order valence-electron chi connectivity index (χ3n) is 3.99. The molecular weight excluding hydrogens is 238 g/mol. The number of aryl methyl sites for hydroxylation is 1. The first-order chi connectivity index (χ1) is 8.90. The van der Waals surface area contributed by atoms with Crippen LogP contribution in [0.3, 0.4) is 0 Å². The highest BCUT2D eigenvalue weighted by atomic mass is 16.5. The summed E-state index contributed by atoms with van der Waals surface area (Å²) in [5, 5.41) is 0. The first-order valence-corrected chi connectivity index (χ1v) is 6.90. The van der Waals surface area contributed by atoms with Crippen LogP contribution in [-0.4, -0.2) is 36.1 Å². The Hall–Kier alpha value is -1.13. The lowest BCUT2D eigenvalue weighted by molar-refractivity contribution is 0.0888. The molecular formula is C15H25N3O. The molecule has 0 radical (unpaired) electrons. The topological polar surface area (TPSA) is 51.4 Å². The third kappa shape index (κ3) is 3.45. The molecule has 0 bridgehead atoms. The van der Waals surface area contributed by atoms with Crippen molar-refractivity contribution in [2.45, 2.75) is 39.8 Å². The molecule has 1 saturated heterocycles. The number of pyridine rings is 1. The van der Waals surface area contributed by atoms with Crippen LogP contribution in [0.15, 0.2) is 12.1 Å². The Morgan fingerprint density at radius 2 is 2.21 bits per heavy atom. The van der Waals surface area contributed by atoms with E-state index in [1.54, 1.807) is 7.11 Å². The average Bonchev–Trinajstić information content (AvgIpc) is 2.32. The highest BCUT2D eigenvalue weighted by Crippen LogP contribution is 2.28. The predicted octanol–water partition coefficient (Wildman–Crippen LogP) is 1.96. The van der Waals surface area contributed by atoms with E-state index in [1.807, 2.05) is 19.1 Å². The van der Waals surface area contributed by atoms with Gasteiger partial charge in [-0.05, 0) is 18.8 Å². The summed E-state index contributed by atoms with van der Waals surface area (Å²) >= 11 is 0. The molecule has 1 unspecified atom stereocenters. The van der Waals surface area contributed by atoms with Crippen molar-refractivity contribution >= 4 is 0 Å². The molecule has 0 saturated carbocycles. The van der Waals surface area contributed by atoms with E-state index in [-0.39, 0.29) is 5.41 Å². The minimum absolute atomic E-state index is 0.173. The van der Waals surface area contributed by atoms with Crippen LogP contribution in [0.4, 0.5) is 0 Å². The van der Waals surface area contributed by atoms with E-state index in [0.717, 1.165) is 43.2 Å². The van der Waals surface area contributed by atoms with Crippen molar-refractivity contribution in [3.63, 3.8) is 0 Å². The SMILES string of the molecule is COc1cc(C)nc(CN2CCC(N)C(C)(C)C2)c1. The lowest BCUT2D eigenvalue weighted by Gasteiger charge is -2.42. The van der Waals surface area contributed by atoms with E-state index in [0.29, 0.717) is 6.04 Å². The van der Waals surface area contributed by atoms with Gasteiger partial charge in [-0.2, -0.15) is 0 Å². The predicted molar refractivity (Wildman–Crippen MR) is 77.2 cm³/mol. The van der Waals surface area contributed by atoms with Gasteiger partial charge in [-0.3, -0.25) is 9.88 Å². The van der Waals surface area contributed by atoms with Crippen molar-refractivity contribution < 1.29 is 4.74 Å². The van der Waals surface area contributed by atoms with Crippen molar-refractivity contribution in [2.75, 3.05) is 20.2 Å². The highest BCUT2D eigenvalue weighted by molar-refractivity contribution is 5.26. The zero-order valence-corrected chi connectivity index (χ0v) is 12.4. The van der Waals surface area contributed by atoms with Crippen molar-refractivity contribution in [1.82, 2.24) is 9.88 Å². The maximum atomic E-state index is 6.18. The lowest BCUT2D eigenvalue weighted by atomic mass is 9.79. The number of nitrogens with zero attached hydrogens (tertiary/aromatic N) is 2. The molecule has 2 heterocycles. The fourth-order valence-corrected chi connectivity index (χ4v) is 2.75. The monoisotopic (exact) mass is 263 g/mol. The molecule has 4 nitrogen and oxygen atoms in total. The minimum Gasteiger partial charge on any atom is -0.497 e. The largest absolute Gasteiger partial charge is 0.497 e. The highest BCUT2D eigenvalue weighted by Gasteiger charge is 2.33. The summed E-state index contributed by atoms with van der Waals surface area (Å²) in [4.78, 5) is 7.02. The van der Waals surface area contributed by atoms with Gasteiger partial charge < -0.3 is 10.5 Å². The first-order valence-electron chi connectivity index (χ1n) is 6.90. The first kappa shape index (κ1) is 14.3. The van der Waals surface area contributed by atoms with E-state index in [2.05, 4.69) is 23.7 Å². The number of hydrogen-bond acceptors (Lipinski definition) is 4. The summed E-state index contributed by atoms with van der Waals surface area (Å²) in [7, 11) is 1.70. The van der Waals surface area contributed by atoms with Crippen LogP contribution in [0.25, 0.3) is 0 Å². The van der Waals surface area contributed by atoms with Crippen molar-refractivity contribution in [3.05, 3.63) is 23.5 Å². The summed E-state index contributed by atoms with van der Waals surface area (Å²) < 4.78 is 5.30. The summed E-state index contributed by atoms with van der Waals surface area (Å²) in [6, 6.07) is 4.28. The van der Waals surface area contributed by atoms with Crippen molar-refractivity contribution in [2.24, 2.45) is 11.1 Å². The molecule has 1 fully saturated rings. The van der Waals surface area contributed by atoms with E-state index in [4.69, 9.17) is 10.5 Å². The van der Waals surface area contributed by atoms with Gasteiger partial charge in [0.25, 0.3) is 0 Å². The van der Waals surface area contributed by atoms with Crippen LogP contribution in [0, 0.1) is 12.3 Å². The number of piperidine rings is 1. The van der Waals surface area contributed by atoms with Crippen LogP contribution < -0.4 is 10.5 Å². The maximum absolute atomic E-state index is 6.18. The number of nitrogens with two attached hydrogens (primary N) is 1. The second-order valence-corrected chi connectivity index (χ2v) is 6.23. The zero-order chi connectivity index (χ0) is 14.0.